The van der Waals surface area contributed by atoms with E-state index in [0.717, 1.165) is 24.8 Å². The molecule has 3 rings (SSSR count). The Bertz CT molecular complexity index is 837. The minimum Gasteiger partial charge on any atom is -0.461 e. The van der Waals surface area contributed by atoms with E-state index in [9.17, 15) is 14.4 Å². The lowest BCUT2D eigenvalue weighted by atomic mass is 9.92. The predicted octanol–water partition coefficient (Wildman–Crippen LogP) is 3.01. The normalized spacial score (nSPS) is 20.4. The summed E-state index contributed by atoms with van der Waals surface area (Å²) in [6.07, 6.45) is 6.73. The maximum Gasteiger partial charge on any atom is 0.306 e. The Morgan fingerprint density at radius 1 is 1.09 bits per heavy atom. The highest BCUT2D eigenvalue weighted by Gasteiger charge is 2.39. The minimum atomic E-state index is -0.416. The fraction of sp³-hybridized carbons (Fsp3) is 0.704. The van der Waals surface area contributed by atoms with Crippen molar-refractivity contribution >= 4 is 17.8 Å². The molecule has 0 spiro atoms. The first-order valence-electron chi connectivity index (χ1n) is 13.1. The van der Waals surface area contributed by atoms with Crippen molar-refractivity contribution in [2.75, 3.05) is 26.2 Å². The van der Waals surface area contributed by atoms with Crippen LogP contribution in [-0.4, -0.2) is 70.8 Å². The van der Waals surface area contributed by atoms with Gasteiger partial charge in [-0.1, -0.05) is 27.7 Å². The molecule has 194 valence electrons. The zero-order valence-corrected chi connectivity index (χ0v) is 21.7. The summed E-state index contributed by atoms with van der Waals surface area (Å²) in [4.78, 5) is 46.9. The molecule has 0 radical (unpaired) electrons. The Labute approximate surface area is 209 Å². The largest absolute Gasteiger partial charge is 0.461 e. The average molecular weight is 487 g/mol. The van der Waals surface area contributed by atoms with E-state index in [1.54, 1.807) is 12.4 Å². The van der Waals surface area contributed by atoms with Crippen LogP contribution < -0.4 is 5.32 Å². The third-order valence-corrected chi connectivity index (χ3v) is 6.92. The highest BCUT2D eigenvalue weighted by molar-refractivity contribution is 5.90. The van der Waals surface area contributed by atoms with Crippen LogP contribution in [0.25, 0.3) is 0 Å². The average Bonchev–Trinajstić information content (AvgIpc) is 2.83. The molecule has 2 atom stereocenters. The molecular weight excluding hydrogens is 444 g/mol. The number of carbonyl (C=O) groups is 3. The summed E-state index contributed by atoms with van der Waals surface area (Å²) < 4.78 is 5.42. The lowest BCUT2D eigenvalue weighted by Crippen LogP contribution is -2.62. The second kappa shape index (κ2) is 13.0. The van der Waals surface area contributed by atoms with Crippen molar-refractivity contribution < 1.29 is 19.1 Å². The van der Waals surface area contributed by atoms with Gasteiger partial charge in [-0.05, 0) is 61.1 Å². The van der Waals surface area contributed by atoms with Gasteiger partial charge in [0.15, 0.2) is 0 Å². The molecule has 0 aromatic carbocycles. The number of aromatic nitrogens is 1. The molecule has 1 aromatic heterocycles. The minimum absolute atomic E-state index is 0.0516. The van der Waals surface area contributed by atoms with E-state index in [2.05, 4.69) is 38.0 Å². The smallest absolute Gasteiger partial charge is 0.306 e. The molecular formula is C27H42N4O4. The molecule has 2 aliphatic heterocycles. The molecule has 2 aliphatic rings. The summed E-state index contributed by atoms with van der Waals surface area (Å²) in [5.74, 6) is 0.830. The quantitative estimate of drug-likeness (QED) is 0.511. The number of esters is 1. The Morgan fingerprint density at radius 2 is 1.77 bits per heavy atom. The molecule has 0 bridgehead atoms. The second-order valence-corrected chi connectivity index (χ2v) is 10.8. The number of hydrogen-bond acceptors (Lipinski definition) is 6. The van der Waals surface area contributed by atoms with Gasteiger partial charge in [0.2, 0.25) is 11.8 Å². The number of piperazine rings is 1. The van der Waals surface area contributed by atoms with Crippen molar-refractivity contribution in [3.05, 3.63) is 30.1 Å². The first kappa shape index (κ1) is 27.1. The monoisotopic (exact) mass is 486 g/mol. The van der Waals surface area contributed by atoms with Gasteiger partial charge in [0.25, 0.3) is 0 Å². The van der Waals surface area contributed by atoms with E-state index in [1.165, 1.54) is 0 Å². The number of nitrogens with one attached hydrogen (secondary N) is 1. The van der Waals surface area contributed by atoms with E-state index < -0.39 is 6.04 Å². The molecule has 0 unspecified atom stereocenters. The van der Waals surface area contributed by atoms with Gasteiger partial charge in [-0.25, -0.2) is 0 Å². The molecule has 2 amide bonds. The Kier molecular flexibility index (Phi) is 10.1. The number of amides is 2. The molecule has 1 N–H and O–H groups in total. The second-order valence-electron chi connectivity index (χ2n) is 10.8. The number of hydrogen-bond donors (Lipinski definition) is 1. The van der Waals surface area contributed by atoms with Crippen LogP contribution in [-0.2, 0) is 25.7 Å². The first-order valence-corrected chi connectivity index (χ1v) is 13.1. The van der Waals surface area contributed by atoms with Crippen LogP contribution in [0.3, 0.4) is 0 Å². The number of rotatable bonds is 10. The van der Waals surface area contributed by atoms with E-state index in [4.69, 9.17) is 4.74 Å². The molecule has 35 heavy (non-hydrogen) atoms. The summed E-state index contributed by atoms with van der Waals surface area (Å²) in [6.45, 7) is 11.2. The topological polar surface area (TPSA) is 91.8 Å². The summed E-state index contributed by atoms with van der Waals surface area (Å²) in [5.41, 5.74) is 0.919. The SMILES string of the molecule is CC(C)C[C@@H]1NCCN([C@@H](CC(C)C)C(=O)N2CCC(CC(=O)OCc3ccncc3)CC2)C1=O. The predicted molar refractivity (Wildman–Crippen MR) is 134 cm³/mol. The maximum atomic E-state index is 13.6. The van der Waals surface area contributed by atoms with Crippen molar-refractivity contribution in [1.29, 1.82) is 0 Å². The van der Waals surface area contributed by atoms with E-state index >= 15 is 0 Å². The molecule has 2 fully saturated rings. The Morgan fingerprint density at radius 3 is 2.40 bits per heavy atom. The van der Waals surface area contributed by atoms with Crippen molar-refractivity contribution in [2.45, 2.75) is 78.5 Å². The molecule has 1 aromatic rings. The van der Waals surface area contributed by atoms with Crippen LogP contribution >= 0.6 is 0 Å². The first-order chi connectivity index (χ1) is 16.7. The summed E-state index contributed by atoms with van der Waals surface area (Å²) in [5, 5.41) is 3.34. The van der Waals surface area contributed by atoms with Crippen LogP contribution in [0, 0.1) is 17.8 Å². The van der Waals surface area contributed by atoms with Crippen molar-refractivity contribution in [3.63, 3.8) is 0 Å². The highest BCUT2D eigenvalue weighted by Crippen LogP contribution is 2.25. The van der Waals surface area contributed by atoms with Gasteiger partial charge in [-0.3, -0.25) is 19.4 Å². The number of likely N-dealkylation sites (tertiary alicyclic amines) is 1. The van der Waals surface area contributed by atoms with Gasteiger partial charge >= 0.3 is 5.97 Å². The van der Waals surface area contributed by atoms with Crippen LogP contribution in [0.5, 0.6) is 0 Å². The van der Waals surface area contributed by atoms with Gasteiger partial charge in [0.05, 0.1) is 6.04 Å². The fourth-order valence-electron chi connectivity index (χ4n) is 5.04. The van der Waals surface area contributed by atoms with E-state index in [-0.39, 0.29) is 36.4 Å². The zero-order chi connectivity index (χ0) is 25.4. The third kappa shape index (κ3) is 8.02. The summed E-state index contributed by atoms with van der Waals surface area (Å²) in [6, 6.07) is 3.04. The van der Waals surface area contributed by atoms with Gasteiger partial charge in [0, 0.05) is 45.0 Å². The molecule has 0 aliphatic carbocycles. The van der Waals surface area contributed by atoms with E-state index in [0.29, 0.717) is 50.9 Å². The van der Waals surface area contributed by atoms with Crippen molar-refractivity contribution in [1.82, 2.24) is 20.1 Å². The maximum absolute atomic E-state index is 13.6. The molecule has 0 saturated carbocycles. The molecule has 8 heteroatoms. The lowest BCUT2D eigenvalue weighted by Gasteiger charge is -2.42. The number of pyridine rings is 1. The van der Waals surface area contributed by atoms with Crippen LogP contribution in [0.1, 0.15) is 65.4 Å². The van der Waals surface area contributed by atoms with Crippen LogP contribution in [0.15, 0.2) is 24.5 Å². The van der Waals surface area contributed by atoms with Gasteiger partial charge in [-0.15, -0.1) is 0 Å². The zero-order valence-electron chi connectivity index (χ0n) is 21.7. The van der Waals surface area contributed by atoms with Crippen LogP contribution in [0.2, 0.25) is 0 Å². The van der Waals surface area contributed by atoms with Gasteiger partial charge in [-0.2, -0.15) is 0 Å². The number of piperidine rings is 1. The van der Waals surface area contributed by atoms with Gasteiger partial charge in [0.1, 0.15) is 12.6 Å². The molecule has 8 nitrogen and oxygen atoms in total. The molecule has 3 heterocycles. The Hall–Kier alpha value is -2.48. The highest BCUT2D eigenvalue weighted by atomic mass is 16.5. The summed E-state index contributed by atoms with van der Waals surface area (Å²) in [7, 11) is 0. The third-order valence-electron chi connectivity index (χ3n) is 6.92. The summed E-state index contributed by atoms with van der Waals surface area (Å²) >= 11 is 0. The van der Waals surface area contributed by atoms with Gasteiger partial charge < -0.3 is 19.9 Å². The van der Waals surface area contributed by atoms with Crippen molar-refractivity contribution in [2.24, 2.45) is 17.8 Å². The molecule has 2 saturated heterocycles. The van der Waals surface area contributed by atoms with E-state index in [1.807, 2.05) is 21.9 Å². The number of nitrogens with zero attached hydrogens (tertiary/aromatic N) is 3. The van der Waals surface area contributed by atoms with Crippen molar-refractivity contribution in [3.8, 4) is 0 Å². The Balaban J connectivity index is 1.53. The number of carbonyl (C=O) groups excluding carboxylic acids is 3. The number of ether oxygens (including phenoxy) is 1. The fourth-order valence-corrected chi connectivity index (χ4v) is 5.04. The lowest BCUT2D eigenvalue weighted by molar-refractivity contribution is -0.151. The van der Waals surface area contributed by atoms with Crippen LogP contribution in [0.4, 0.5) is 0 Å². The standard InChI is InChI=1S/C27H42N4O4/c1-19(2)15-23-26(33)31(14-11-29-23)24(16-20(3)4)27(34)30-12-7-21(8-13-30)17-25(32)35-18-22-5-9-28-10-6-22/h5-6,9-10,19-21,23-24,29H,7-8,11-18H2,1-4H3/t23-,24-/m0/s1.